The van der Waals surface area contributed by atoms with Crippen LogP contribution < -0.4 is 4.74 Å². The molecule has 5 rings (SSSR count). The summed E-state index contributed by atoms with van der Waals surface area (Å²) in [6.45, 7) is 1.89. The van der Waals surface area contributed by atoms with Crippen molar-refractivity contribution in [3.63, 3.8) is 0 Å². The SMILES string of the molecule is CCOC(=O)COc1ccc(/C=N/N2C(=O)C3C4C=CC(CC4)C3C2=O)cc1. The lowest BCUT2D eigenvalue weighted by Gasteiger charge is -2.37. The Bertz CT molecular complexity index is 813. The average molecular weight is 382 g/mol. The van der Waals surface area contributed by atoms with E-state index in [0.29, 0.717) is 12.4 Å². The van der Waals surface area contributed by atoms with Gasteiger partial charge in [-0.1, -0.05) is 12.2 Å². The summed E-state index contributed by atoms with van der Waals surface area (Å²) in [5.74, 6) is -0.500. The molecule has 0 spiro atoms. The second kappa shape index (κ2) is 7.58. The number of hydrazone groups is 1. The molecule has 1 aliphatic heterocycles. The summed E-state index contributed by atoms with van der Waals surface area (Å²) in [6, 6.07) is 6.87. The molecule has 7 nitrogen and oxygen atoms in total. The Morgan fingerprint density at radius 3 is 2.25 bits per heavy atom. The van der Waals surface area contributed by atoms with Crippen LogP contribution in [0.1, 0.15) is 25.3 Å². The molecule has 4 unspecified atom stereocenters. The van der Waals surface area contributed by atoms with E-state index in [9.17, 15) is 14.4 Å². The predicted molar refractivity (Wildman–Crippen MR) is 100 cm³/mol. The number of hydrogen-bond acceptors (Lipinski definition) is 6. The summed E-state index contributed by atoms with van der Waals surface area (Å²) in [5, 5.41) is 5.21. The maximum atomic E-state index is 12.7. The first-order valence-corrected chi connectivity index (χ1v) is 9.57. The lowest BCUT2D eigenvalue weighted by molar-refractivity contribution is -0.145. The van der Waals surface area contributed by atoms with Gasteiger partial charge < -0.3 is 9.47 Å². The van der Waals surface area contributed by atoms with Crippen molar-refractivity contribution in [1.29, 1.82) is 0 Å². The number of nitrogens with zero attached hydrogens (tertiary/aromatic N) is 2. The first-order valence-electron chi connectivity index (χ1n) is 9.57. The Labute approximate surface area is 163 Å². The minimum absolute atomic E-state index is 0.155. The summed E-state index contributed by atoms with van der Waals surface area (Å²) >= 11 is 0. The molecule has 2 amide bonds. The van der Waals surface area contributed by atoms with Crippen LogP contribution in [0.4, 0.5) is 0 Å². The standard InChI is InChI=1S/C21H22N2O5/c1-2-27-17(24)12-28-16-9-3-13(4-10-16)11-22-23-20(25)18-14-5-6-15(8-7-14)19(18)21(23)26/h3-6,9-11,14-15,18-19H,2,7-8,12H2,1H3/b22-11+. The molecule has 1 aromatic rings. The summed E-state index contributed by atoms with van der Waals surface area (Å²) in [6.07, 6.45) is 7.60. The molecule has 0 aromatic heterocycles. The van der Waals surface area contributed by atoms with Crippen LogP contribution in [0.25, 0.3) is 0 Å². The number of carbonyl (C=O) groups excluding carboxylic acids is 3. The molecule has 0 N–H and O–H groups in total. The van der Waals surface area contributed by atoms with E-state index >= 15 is 0 Å². The molecule has 1 aromatic carbocycles. The van der Waals surface area contributed by atoms with Crippen LogP contribution in [-0.2, 0) is 19.1 Å². The van der Waals surface area contributed by atoms with Gasteiger partial charge in [0.05, 0.1) is 24.7 Å². The number of ether oxygens (including phenoxy) is 2. The van der Waals surface area contributed by atoms with Gasteiger partial charge in [0.25, 0.3) is 11.8 Å². The Morgan fingerprint density at radius 2 is 1.71 bits per heavy atom. The molecule has 7 heteroatoms. The van der Waals surface area contributed by atoms with Crippen molar-refractivity contribution >= 4 is 24.0 Å². The highest BCUT2D eigenvalue weighted by atomic mass is 16.6. The van der Waals surface area contributed by atoms with E-state index in [0.717, 1.165) is 23.4 Å². The highest BCUT2D eigenvalue weighted by Gasteiger charge is 2.56. The van der Waals surface area contributed by atoms with E-state index in [2.05, 4.69) is 17.3 Å². The molecule has 28 heavy (non-hydrogen) atoms. The molecule has 2 fully saturated rings. The van der Waals surface area contributed by atoms with Crippen molar-refractivity contribution in [2.45, 2.75) is 19.8 Å². The topological polar surface area (TPSA) is 85.3 Å². The van der Waals surface area contributed by atoms with Crippen LogP contribution in [0.3, 0.4) is 0 Å². The van der Waals surface area contributed by atoms with Crippen molar-refractivity contribution in [1.82, 2.24) is 5.01 Å². The van der Waals surface area contributed by atoms with Crippen molar-refractivity contribution in [3.05, 3.63) is 42.0 Å². The molecule has 2 bridgehead atoms. The van der Waals surface area contributed by atoms with Crippen molar-refractivity contribution < 1.29 is 23.9 Å². The van der Waals surface area contributed by atoms with Crippen LogP contribution in [-0.4, -0.2) is 42.2 Å². The number of hydrogen-bond donors (Lipinski definition) is 0. The zero-order valence-corrected chi connectivity index (χ0v) is 15.6. The van der Waals surface area contributed by atoms with Gasteiger partial charge in [-0.3, -0.25) is 9.59 Å². The fraction of sp³-hybridized carbons (Fsp3) is 0.429. The van der Waals surface area contributed by atoms with Crippen LogP contribution in [0.5, 0.6) is 5.75 Å². The molecule has 3 aliphatic carbocycles. The number of carbonyl (C=O) groups is 3. The van der Waals surface area contributed by atoms with E-state index in [-0.39, 0.29) is 42.1 Å². The number of fused-ring (bicyclic) bond motifs is 1. The number of amides is 2. The van der Waals surface area contributed by atoms with Crippen LogP contribution in [0, 0.1) is 23.7 Å². The zero-order valence-electron chi connectivity index (χ0n) is 15.6. The monoisotopic (exact) mass is 382 g/mol. The normalized spacial score (nSPS) is 28.1. The van der Waals surface area contributed by atoms with Gasteiger partial charge in [-0.2, -0.15) is 10.1 Å². The highest BCUT2D eigenvalue weighted by molar-refractivity contribution is 6.06. The number of imide groups is 1. The Morgan fingerprint density at radius 1 is 1.11 bits per heavy atom. The maximum absolute atomic E-state index is 12.7. The second-order valence-corrected chi connectivity index (χ2v) is 7.24. The van der Waals surface area contributed by atoms with E-state index in [1.165, 1.54) is 6.21 Å². The Kier molecular flexibility index (Phi) is 4.98. The van der Waals surface area contributed by atoms with E-state index in [1.807, 2.05) is 0 Å². The number of esters is 1. The molecule has 146 valence electrons. The first kappa shape index (κ1) is 18.4. The lowest BCUT2D eigenvalue weighted by atomic mass is 9.63. The average Bonchev–Trinajstić information content (AvgIpc) is 2.99. The lowest BCUT2D eigenvalue weighted by Crippen LogP contribution is -2.38. The Hall–Kier alpha value is -2.96. The number of benzene rings is 1. The maximum Gasteiger partial charge on any atom is 0.344 e. The van der Waals surface area contributed by atoms with Gasteiger partial charge in [-0.25, -0.2) is 4.79 Å². The molecule has 1 heterocycles. The van der Waals surface area contributed by atoms with E-state index in [4.69, 9.17) is 9.47 Å². The van der Waals surface area contributed by atoms with Crippen molar-refractivity contribution in [2.24, 2.45) is 28.8 Å². The molecule has 1 saturated heterocycles. The summed E-state index contributed by atoms with van der Waals surface area (Å²) in [7, 11) is 0. The largest absolute Gasteiger partial charge is 0.482 e. The summed E-state index contributed by atoms with van der Waals surface area (Å²) in [5.41, 5.74) is 0.722. The van der Waals surface area contributed by atoms with Gasteiger partial charge in [-0.15, -0.1) is 0 Å². The van der Waals surface area contributed by atoms with Gasteiger partial charge >= 0.3 is 5.97 Å². The third kappa shape index (κ3) is 3.32. The molecular formula is C21H22N2O5. The highest BCUT2D eigenvalue weighted by Crippen LogP contribution is 2.49. The molecule has 4 aliphatic rings. The smallest absolute Gasteiger partial charge is 0.344 e. The van der Waals surface area contributed by atoms with Gasteiger partial charge in [0, 0.05) is 0 Å². The second-order valence-electron chi connectivity index (χ2n) is 7.24. The molecule has 1 saturated carbocycles. The summed E-state index contributed by atoms with van der Waals surface area (Å²) < 4.78 is 10.1. The van der Waals surface area contributed by atoms with Crippen molar-refractivity contribution in [2.75, 3.05) is 13.2 Å². The quantitative estimate of drug-likeness (QED) is 0.326. The molecule has 0 radical (unpaired) electrons. The van der Waals surface area contributed by atoms with Gasteiger partial charge in [0.15, 0.2) is 6.61 Å². The number of allylic oxidation sites excluding steroid dienone is 2. The fourth-order valence-electron chi connectivity index (χ4n) is 4.29. The van der Waals surface area contributed by atoms with Crippen LogP contribution in [0.15, 0.2) is 41.5 Å². The van der Waals surface area contributed by atoms with Gasteiger partial charge in [0.1, 0.15) is 5.75 Å². The van der Waals surface area contributed by atoms with E-state index < -0.39 is 5.97 Å². The predicted octanol–water partition coefficient (Wildman–Crippen LogP) is 2.16. The van der Waals surface area contributed by atoms with E-state index in [1.54, 1.807) is 31.2 Å². The molecule has 4 atom stereocenters. The van der Waals surface area contributed by atoms with Crippen molar-refractivity contribution in [3.8, 4) is 5.75 Å². The third-order valence-corrected chi connectivity index (χ3v) is 5.60. The minimum atomic E-state index is -0.427. The number of rotatable bonds is 6. The van der Waals surface area contributed by atoms with Crippen LogP contribution >= 0.6 is 0 Å². The molecular weight excluding hydrogens is 360 g/mol. The van der Waals surface area contributed by atoms with Crippen LogP contribution in [0.2, 0.25) is 0 Å². The fourth-order valence-corrected chi connectivity index (χ4v) is 4.29. The van der Waals surface area contributed by atoms with Gasteiger partial charge in [0.2, 0.25) is 0 Å². The first-order chi connectivity index (χ1) is 13.6. The third-order valence-electron chi connectivity index (χ3n) is 5.60. The zero-order chi connectivity index (χ0) is 19.7. The van der Waals surface area contributed by atoms with Gasteiger partial charge in [-0.05, 0) is 61.4 Å². The summed E-state index contributed by atoms with van der Waals surface area (Å²) in [4.78, 5) is 36.7. The Balaban J connectivity index is 1.40. The minimum Gasteiger partial charge on any atom is -0.482 e.